The second kappa shape index (κ2) is 10.8. The SMILES string of the molecule is C=CC(=O)OCCCOc1cccc(OCCCOP(=O)(O)O)c1. The minimum absolute atomic E-state index is 0.0934. The lowest BCUT2D eigenvalue weighted by atomic mass is 10.3. The molecule has 0 aromatic heterocycles. The standard InChI is InChI=1S/C15H21O8P/c1-2-15(16)22-10-4-8-20-13-6-3-7-14(12-13)21-9-5-11-23-24(17,18)19/h2-3,6-7,12H,1,4-5,8-11H2,(H2,17,18,19). The van der Waals surface area contributed by atoms with Gasteiger partial charge < -0.3 is 24.0 Å². The van der Waals surface area contributed by atoms with E-state index in [1.165, 1.54) is 0 Å². The van der Waals surface area contributed by atoms with Crippen LogP contribution in [0.25, 0.3) is 0 Å². The number of carbonyl (C=O) groups excluding carboxylic acids is 1. The van der Waals surface area contributed by atoms with Crippen molar-refractivity contribution in [1.82, 2.24) is 0 Å². The van der Waals surface area contributed by atoms with Gasteiger partial charge in [-0.2, -0.15) is 0 Å². The molecule has 0 atom stereocenters. The third-order valence-electron chi connectivity index (χ3n) is 2.59. The molecule has 1 aromatic rings. The van der Waals surface area contributed by atoms with Crippen LogP contribution in [0.1, 0.15) is 12.8 Å². The molecule has 1 rings (SSSR count). The summed E-state index contributed by atoms with van der Waals surface area (Å²) in [5.41, 5.74) is 0. The van der Waals surface area contributed by atoms with Crippen LogP contribution in [0.5, 0.6) is 11.5 Å². The van der Waals surface area contributed by atoms with Crippen LogP contribution < -0.4 is 9.47 Å². The van der Waals surface area contributed by atoms with E-state index in [-0.39, 0.29) is 19.8 Å². The molecule has 0 spiro atoms. The van der Waals surface area contributed by atoms with E-state index in [2.05, 4.69) is 11.1 Å². The van der Waals surface area contributed by atoms with Crippen LogP contribution in [0.3, 0.4) is 0 Å². The lowest BCUT2D eigenvalue weighted by molar-refractivity contribution is -0.137. The Hall–Kier alpha value is -1.86. The average molecular weight is 360 g/mol. The molecule has 0 bridgehead atoms. The molecule has 9 heteroatoms. The quantitative estimate of drug-likeness (QED) is 0.252. The summed E-state index contributed by atoms with van der Waals surface area (Å²) in [4.78, 5) is 27.9. The van der Waals surface area contributed by atoms with E-state index >= 15 is 0 Å². The van der Waals surface area contributed by atoms with Gasteiger partial charge in [0, 0.05) is 25.0 Å². The highest BCUT2D eigenvalue weighted by molar-refractivity contribution is 7.46. The summed E-state index contributed by atoms with van der Waals surface area (Å²) in [6.45, 7) is 4.09. The monoisotopic (exact) mass is 360 g/mol. The Morgan fingerprint density at radius 2 is 1.67 bits per heavy atom. The van der Waals surface area contributed by atoms with E-state index in [0.29, 0.717) is 30.9 Å². The summed E-state index contributed by atoms with van der Waals surface area (Å²) < 4.78 is 30.6. The van der Waals surface area contributed by atoms with E-state index in [1.54, 1.807) is 24.3 Å². The van der Waals surface area contributed by atoms with Crippen LogP contribution in [0.4, 0.5) is 0 Å². The molecule has 24 heavy (non-hydrogen) atoms. The zero-order chi connectivity index (χ0) is 17.8. The summed E-state index contributed by atoms with van der Waals surface area (Å²) in [7, 11) is -4.42. The smallest absolute Gasteiger partial charge is 0.469 e. The van der Waals surface area contributed by atoms with Gasteiger partial charge in [0.05, 0.1) is 26.4 Å². The maximum Gasteiger partial charge on any atom is 0.469 e. The molecule has 0 unspecified atom stereocenters. The molecule has 1 aromatic carbocycles. The van der Waals surface area contributed by atoms with Crippen molar-refractivity contribution < 1.29 is 37.9 Å². The zero-order valence-electron chi connectivity index (χ0n) is 13.1. The van der Waals surface area contributed by atoms with Gasteiger partial charge in [0.25, 0.3) is 0 Å². The molecule has 0 heterocycles. The van der Waals surface area contributed by atoms with Crippen LogP contribution in [0.15, 0.2) is 36.9 Å². The molecule has 0 aliphatic carbocycles. The van der Waals surface area contributed by atoms with E-state index < -0.39 is 13.8 Å². The van der Waals surface area contributed by atoms with Crippen LogP contribution in [-0.4, -0.2) is 42.2 Å². The third-order valence-corrected chi connectivity index (χ3v) is 3.11. The molecule has 0 radical (unpaired) electrons. The van der Waals surface area contributed by atoms with Gasteiger partial charge in [-0.15, -0.1) is 0 Å². The second-order valence-electron chi connectivity index (χ2n) is 4.57. The fraction of sp³-hybridized carbons (Fsp3) is 0.400. The van der Waals surface area contributed by atoms with Crippen LogP contribution in [-0.2, 0) is 18.6 Å². The lowest BCUT2D eigenvalue weighted by Gasteiger charge is -2.10. The van der Waals surface area contributed by atoms with Crippen molar-refractivity contribution in [1.29, 1.82) is 0 Å². The summed E-state index contributed by atoms with van der Waals surface area (Å²) in [5, 5.41) is 0. The number of phosphoric acid groups is 1. The van der Waals surface area contributed by atoms with E-state index in [0.717, 1.165) is 6.08 Å². The number of carbonyl (C=O) groups is 1. The van der Waals surface area contributed by atoms with Crippen molar-refractivity contribution in [2.75, 3.05) is 26.4 Å². The van der Waals surface area contributed by atoms with Crippen LogP contribution in [0, 0.1) is 0 Å². The molecular formula is C15H21O8P. The Morgan fingerprint density at radius 1 is 1.08 bits per heavy atom. The lowest BCUT2D eigenvalue weighted by Crippen LogP contribution is -2.06. The highest BCUT2D eigenvalue weighted by Gasteiger charge is 2.12. The minimum atomic E-state index is -4.42. The molecule has 0 saturated heterocycles. The molecule has 2 N–H and O–H groups in total. The summed E-state index contributed by atoms with van der Waals surface area (Å²) in [6, 6.07) is 6.95. The first-order valence-electron chi connectivity index (χ1n) is 7.25. The van der Waals surface area contributed by atoms with E-state index in [4.69, 9.17) is 24.0 Å². The number of hydrogen-bond donors (Lipinski definition) is 2. The Balaban J connectivity index is 2.22. The van der Waals surface area contributed by atoms with Gasteiger partial charge in [-0.1, -0.05) is 12.6 Å². The van der Waals surface area contributed by atoms with Crippen molar-refractivity contribution in [3.63, 3.8) is 0 Å². The number of rotatable bonds is 12. The number of hydrogen-bond acceptors (Lipinski definition) is 6. The molecular weight excluding hydrogens is 339 g/mol. The van der Waals surface area contributed by atoms with E-state index in [9.17, 15) is 9.36 Å². The zero-order valence-corrected chi connectivity index (χ0v) is 14.0. The Bertz CT molecular complexity index is 568. The summed E-state index contributed by atoms with van der Waals surface area (Å²) >= 11 is 0. The van der Waals surface area contributed by atoms with Gasteiger partial charge in [0.2, 0.25) is 0 Å². The van der Waals surface area contributed by atoms with Gasteiger partial charge >= 0.3 is 13.8 Å². The first kappa shape index (κ1) is 20.2. The predicted molar refractivity (Wildman–Crippen MR) is 85.8 cm³/mol. The maximum atomic E-state index is 10.8. The summed E-state index contributed by atoms with van der Waals surface area (Å²) in [6.07, 6.45) is 1.99. The number of benzene rings is 1. The van der Waals surface area contributed by atoms with Crippen molar-refractivity contribution in [3.05, 3.63) is 36.9 Å². The molecule has 8 nitrogen and oxygen atoms in total. The number of ether oxygens (including phenoxy) is 3. The van der Waals surface area contributed by atoms with Gasteiger partial charge in [0.15, 0.2) is 0 Å². The van der Waals surface area contributed by atoms with Gasteiger partial charge in [-0.3, -0.25) is 4.52 Å². The highest BCUT2D eigenvalue weighted by atomic mass is 31.2. The molecule has 134 valence electrons. The van der Waals surface area contributed by atoms with Crippen molar-refractivity contribution in [3.8, 4) is 11.5 Å². The maximum absolute atomic E-state index is 10.8. The van der Waals surface area contributed by atoms with Gasteiger partial charge in [-0.05, 0) is 12.1 Å². The molecule has 0 aliphatic heterocycles. The normalized spacial score (nSPS) is 10.9. The third kappa shape index (κ3) is 10.0. The largest absolute Gasteiger partial charge is 0.493 e. The second-order valence-corrected chi connectivity index (χ2v) is 5.81. The highest BCUT2D eigenvalue weighted by Crippen LogP contribution is 2.35. The van der Waals surface area contributed by atoms with Gasteiger partial charge in [0.1, 0.15) is 11.5 Å². The van der Waals surface area contributed by atoms with Crippen molar-refractivity contribution >= 4 is 13.8 Å². The molecule has 0 aliphatic rings. The van der Waals surface area contributed by atoms with Crippen molar-refractivity contribution in [2.24, 2.45) is 0 Å². The molecule has 0 saturated carbocycles. The first-order valence-corrected chi connectivity index (χ1v) is 8.78. The molecule has 0 fully saturated rings. The number of phosphoric ester groups is 1. The number of esters is 1. The van der Waals surface area contributed by atoms with Crippen LogP contribution >= 0.6 is 7.82 Å². The average Bonchev–Trinajstić information content (AvgIpc) is 2.53. The minimum Gasteiger partial charge on any atom is -0.493 e. The van der Waals surface area contributed by atoms with E-state index in [1.807, 2.05) is 0 Å². The van der Waals surface area contributed by atoms with Gasteiger partial charge in [-0.25, -0.2) is 9.36 Å². The van der Waals surface area contributed by atoms with Crippen LogP contribution in [0.2, 0.25) is 0 Å². The predicted octanol–water partition coefficient (Wildman–Crippen LogP) is 2.06. The fourth-order valence-corrected chi connectivity index (χ4v) is 1.93. The fourth-order valence-electron chi connectivity index (χ4n) is 1.57. The topological polar surface area (TPSA) is 112 Å². The summed E-state index contributed by atoms with van der Waals surface area (Å²) in [5.74, 6) is 0.712. The van der Waals surface area contributed by atoms with Crippen molar-refractivity contribution in [2.45, 2.75) is 12.8 Å². The molecule has 0 amide bonds. The Kier molecular flexibility index (Phi) is 9.11. The first-order chi connectivity index (χ1) is 11.4. The Morgan fingerprint density at radius 3 is 2.21 bits per heavy atom. The Labute approximate surface area is 140 Å².